The van der Waals surface area contributed by atoms with Gasteiger partial charge in [-0.05, 0) is 13.0 Å². The number of sulfone groups is 1. The fourth-order valence-electron chi connectivity index (χ4n) is 1.54. The van der Waals surface area contributed by atoms with Crippen LogP contribution in [0.1, 0.15) is 12.1 Å². The third kappa shape index (κ3) is 3.85. The first-order valence-electron chi connectivity index (χ1n) is 5.50. The normalized spacial score (nSPS) is 11.3. The van der Waals surface area contributed by atoms with E-state index in [9.17, 15) is 8.42 Å². The Morgan fingerprint density at radius 3 is 2.61 bits per heavy atom. The summed E-state index contributed by atoms with van der Waals surface area (Å²) in [6.07, 6.45) is 1.93. The van der Waals surface area contributed by atoms with Gasteiger partial charge in [0, 0.05) is 12.3 Å². The topological polar surface area (TPSA) is 91.5 Å². The van der Waals surface area contributed by atoms with Crippen molar-refractivity contribution < 1.29 is 17.9 Å². The maximum absolute atomic E-state index is 11.8. The summed E-state index contributed by atoms with van der Waals surface area (Å²) in [7, 11) is -0.288. The molecule has 0 saturated carbocycles. The Kier molecular flexibility index (Phi) is 5.36. The summed E-state index contributed by atoms with van der Waals surface area (Å²) in [5.41, 5.74) is 5.66. The molecule has 0 spiro atoms. The molecule has 0 aliphatic heterocycles. The zero-order valence-electron chi connectivity index (χ0n) is 10.5. The van der Waals surface area contributed by atoms with E-state index in [1.165, 1.54) is 20.4 Å². The maximum atomic E-state index is 11.8. The second-order valence-electron chi connectivity index (χ2n) is 3.73. The molecule has 102 valence electrons. The number of hydrogen-bond acceptors (Lipinski definition) is 6. The summed E-state index contributed by atoms with van der Waals surface area (Å²) in [4.78, 5) is 4.04. The van der Waals surface area contributed by atoms with Gasteiger partial charge < -0.3 is 15.2 Å². The molecular formula is C11H18N2O4S. The molecular weight excluding hydrogens is 256 g/mol. The Morgan fingerprint density at radius 2 is 2.06 bits per heavy atom. The van der Waals surface area contributed by atoms with Crippen molar-refractivity contribution in [1.29, 1.82) is 0 Å². The first-order valence-corrected chi connectivity index (χ1v) is 7.32. The fourth-order valence-corrected chi connectivity index (χ4v) is 2.91. The van der Waals surface area contributed by atoms with Gasteiger partial charge >= 0.3 is 0 Å². The molecule has 0 unspecified atom stereocenters. The molecule has 0 aliphatic carbocycles. The lowest BCUT2D eigenvalue weighted by molar-refractivity contribution is 0.350. The average Bonchev–Trinajstić information content (AvgIpc) is 2.35. The predicted octanol–water partition coefficient (Wildman–Crippen LogP) is 0.362. The van der Waals surface area contributed by atoms with E-state index in [0.29, 0.717) is 30.2 Å². The molecule has 0 saturated heterocycles. The largest absolute Gasteiger partial charge is 0.493 e. The number of ether oxygens (including phenoxy) is 2. The molecule has 0 aliphatic rings. The molecule has 0 atom stereocenters. The molecule has 7 heteroatoms. The van der Waals surface area contributed by atoms with E-state index < -0.39 is 9.84 Å². The molecule has 6 nitrogen and oxygen atoms in total. The van der Waals surface area contributed by atoms with Gasteiger partial charge in [-0.2, -0.15) is 0 Å². The highest BCUT2D eigenvalue weighted by atomic mass is 32.2. The monoisotopic (exact) mass is 274 g/mol. The molecule has 18 heavy (non-hydrogen) atoms. The van der Waals surface area contributed by atoms with E-state index in [-0.39, 0.29) is 11.5 Å². The maximum Gasteiger partial charge on any atom is 0.183 e. The van der Waals surface area contributed by atoms with Gasteiger partial charge in [0.25, 0.3) is 0 Å². The van der Waals surface area contributed by atoms with Crippen molar-refractivity contribution in [2.24, 2.45) is 5.73 Å². The average molecular weight is 274 g/mol. The van der Waals surface area contributed by atoms with Crippen molar-refractivity contribution in [3.8, 4) is 11.5 Å². The third-order valence-electron chi connectivity index (χ3n) is 2.38. The van der Waals surface area contributed by atoms with Crippen LogP contribution in [0.3, 0.4) is 0 Å². The van der Waals surface area contributed by atoms with Gasteiger partial charge in [0.1, 0.15) is 5.69 Å². The minimum Gasteiger partial charge on any atom is -0.493 e. The quantitative estimate of drug-likeness (QED) is 0.772. The Hall–Kier alpha value is -1.34. The van der Waals surface area contributed by atoms with E-state index in [0.717, 1.165) is 0 Å². The first kappa shape index (κ1) is 14.7. The van der Waals surface area contributed by atoms with E-state index in [1.807, 2.05) is 0 Å². The van der Waals surface area contributed by atoms with Crippen molar-refractivity contribution in [2.75, 3.05) is 26.5 Å². The van der Waals surface area contributed by atoms with Crippen molar-refractivity contribution in [2.45, 2.75) is 12.2 Å². The van der Waals surface area contributed by atoms with E-state index >= 15 is 0 Å². The van der Waals surface area contributed by atoms with Crippen LogP contribution in [0.2, 0.25) is 0 Å². The summed E-state index contributed by atoms with van der Waals surface area (Å²) >= 11 is 0. The van der Waals surface area contributed by atoms with Crippen LogP contribution in [0.5, 0.6) is 11.5 Å². The number of aromatic nitrogens is 1. The van der Waals surface area contributed by atoms with Crippen LogP contribution in [0.25, 0.3) is 0 Å². The van der Waals surface area contributed by atoms with Crippen LogP contribution in [0.15, 0.2) is 12.3 Å². The highest BCUT2D eigenvalue weighted by Gasteiger charge is 2.18. The van der Waals surface area contributed by atoms with Crippen LogP contribution in [-0.2, 0) is 15.6 Å². The second-order valence-corrected chi connectivity index (χ2v) is 5.91. The van der Waals surface area contributed by atoms with Crippen LogP contribution in [0, 0.1) is 0 Å². The van der Waals surface area contributed by atoms with Crippen molar-refractivity contribution in [1.82, 2.24) is 4.98 Å². The van der Waals surface area contributed by atoms with Gasteiger partial charge in [-0.15, -0.1) is 0 Å². The number of methoxy groups -OCH3 is 2. The predicted molar refractivity (Wildman–Crippen MR) is 68.5 cm³/mol. The van der Waals surface area contributed by atoms with Crippen LogP contribution < -0.4 is 15.2 Å². The van der Waals surface area contributed by atoms with Gasteiger partial charge in [0.2, 0.25) is 0 Å². The summed E-state index contributed by atoms with van der Waals surface area (Å²) < 4.78 is 33.9. The summed E-state index contributed by atoms with van der Waals surface area (Å²) in [6.45, 7) is 0.349. The van der Waals surface area contributed by atoms with E-state index in [4.69, 9.17) is 15.2 Å². The minimum absolute atomic E-state index is 0.0472. The number of rotatable bonds is 7. The molecule has 1 aromatic heterocycles. The van der Waals surface area contributed by atoms with Crippen LogP contribution in [-0.4, -0.2) is 39.9 Å². The van der Waals surface area contributed by atoms with Gasteiger partial charge in [-0.3, -0.25) is 4.98 Å². The van der Waals surface area contributed by atoms with Crippen molar-refractivity contribution in [3.63, 3.8) is 0 Å². The number of nitrogens with zero attached hydrogens (tertiary/aromatic N) is 1. The number of pyridine rings is 1. The summed E-state index contributed by atoms with van der Waals surface area (Å²) in [5, 5.41) is 0. The molecule has 1 rings (SSSR count). The molecule has 0 fully saturated rings. The molecule has 1 heterocycles. The first-order chi connectivity index (χ1) is 8.54. The molecule has 0 radical (unpaired) electrons. The Bertz CT molecular complexity index is 488. The Balaban J connectivity index is 2.97. The smallest absolute Gasteiger partial charge is 0.183 e. The lowest BCUT2D eigenvalue weighted by atomic mass is 10.3. The standard InChI is InChI=1S/C11H18N2O4S/c1-16-10-4-6-13-9(11(10)17-2)8-18(14,15)7-3-5-12/h4,6H,3,5,7-8,12H2,1-2H3. The lowest BCUT2D eigenvalue weighted by Crippen LogP contribution is -2.14. The van der Waals surface area contributed by atoms with E-state index in [1.54, 1.807) is 6.07 Å². The fraction of sp³-hybridized carbons (Fsp3) is 0.545. The SMILES string of the molecule is COc1ccnc(CS(=O)(=O)CCCN)c1OC. The number of hydrogen-bond donors (Lipinski definition) is 1. The van der Waals surface area contributed by atoms with Crippen LogP contribution in [0.4, 0.5) is 0 Å². The van der Waals surface area contributed by atoms with Crippen LogP contribution >= 0.6 is 0 Å². The Labute approximate surface area is 107 Å². The second kappa shape index (κ2) is 6.55. The zero-order valence-corrected chi connectivity index (χ0v) is 11.4. The van der Waals surface area contributed by atoms with Gasteiger partial charge in [-0.1, -0.05) is 0 Å². The summed E-state index contributed by atoms with van der Waals surface area (Å²) in [5.74, 6) is 0.701. The van der Waals surface area contributed by atoms with Gasteiger partial charge in [0.15, 0.2) is 21.3 Å². The van der Waals surface area contributed by atoms with Crippen molar-refractivity contribution >= 4 is 9.84 Å². The van der Waals surface area contributed by atoms with Gasteiger partial charge in [0.05, 0.1) is 25.7 Å². The molecule has 0 amide bonds. The van der Waals surface area contributed by atoms with E-state index in [2.05, 4.69) is 4.98 Å². The summed E-state index contributed by atoms with van der Waals surface area (Å²) in [6, 6.07) is 1.62. The Morgan fingerprint density at radius 1 is 1.33 bits per heavy atom. The molecule has 2 N–H and O–H groups in total. The molecule has 0 bridgehead atoms. The minimum atomic E-state index is -3.23. The number of nitrogens with two attached hydrogens (primary N) is 1. The highest BCUT2D eigenvalue weighted by Crippen LogP contribution is 2.30. The molecule has 1 aromatic rings. The third-order valence-corrected chi connectivity index (χ3v) is 4.01. The zero-order chi connectivity index (χ0) is 13.6. The molecule has 0 aromatic carbocycles. The highest BCUT2D eigenvalue weighted by molar-refractivity contribution is 7.90. The lowest BCUT2D eigenvalue weighted by Gasteiger charge is -2.11. The van der Waals surface area contributed by atoms with Gasteiger partial charge in [-0.25, -0.2) is 8.42 Å². The van der Waals surface area contributed by atoms with Crippen molar-refractivity contribution in [3.05, 3.63) is 18.0 Å².